The first kappa shape index (κ1) is 13.8. The average Bonchev–Trinajstić information content (AvgIpc) is 3.02. The molecule has 0 bridgehead atoms. The minimum atomic E-state index is 0.453. The van der Waals surface area contributed by atoms with Crippen LogP contribution in [0.15, 0.2) is 0 Å². The minimum absolute atomic E-state index is 0.453. The first-order valence-electron chi connectivity index (χ1n) is 6.36. The Morgan fingerprint density at radius 3 is 3.17 bits per heavy atom. The summed E-state index contributed by atoms with van der Waals surface area (Å²) in [5.74, 6) is 0.928. The van der Waals surface area contributed by atoms with Crippen LogP contribution in [-0.2, 0) is 11.3 Å². The molecule has 2 unspecified atom stereocenters. The van der Waals surface area contributed by atoms with Gasteiger partial charge in [-0.2, -0.15) is 11.8 Å². The number of methoxy groups -OCH3 is 1. The lowest BCUT2D eigenvalue weighted by atomic mass is 10.2. The molecule has 1 heterocycles. The number of tetrazole rings is 1. The Bertz CT molecular complexity index is 359. The number of rotatable bonds is 7. The van der Waals surface area contributed by atoms with Gasteiger partial charge in [-0.15, -0.1) is 5.10 Å². The zero-order chi connectivity index (χ0) is 12.8. The number of hydrogen-bond acceptors (Lipinski definition) is 6. The summed E-state index contributed by atoms with van der Waals surface area (Å²) in [6.07, 6.45) is 5.89. The van der Waals surface area contributed by atoms with Gasteiger partial charge in [-0.1, -0.05) is 6.42 Å². The van der Waals surface area contributed by atoms with Crippen LogP contribution in [0, 0.1) is 0 Å². The van der Waals surface area contributed by atoms with Crippen LogP contribution >= 0.6 is 11.8 Å². The van der Waals surface area contributed by atoms with Gasteiger partial charge in [0.05, 0.1) is 19.2 Å². The molecule has 0 amide bonds. The summed E-state index contributed by atoms with van der Waals surface area (Å²) >= 11 is 1.92. The number of nitrogens with zero attached hydrogens (tertiary/aromatic N) is 4. The highest BCUT2D eigenvalue weighted by atomic mass is 32.2. The third kappa shape index (κ3) is 3.21. The molecule has 2 rings (SSSR count). The Hall–Kier alpha value is -0.660. The van der Waals surface area contributed by atoms with Crippen molar-refractivity contribution in [2.45, 2.75) is 37.1 Å². The molecule has 2 atom stereocenters. The lowest BCUT2D eigenvalue weighted by molar-refractivity contribution is 0.198. The van der Waals surface area contributed by atoms with Crippen LogP contribution in [0.5, 0.6) is 0 Å². The predicted molar refractivity (Wildman–Crippen MR) is 71.6 cm³/mol. The molecule has 1 fully saturated rings. The summed E-state index contributed by atoms with van der Waals surface area (Å²) in [7, 11) is 1.70. The smallest absolute Gasteiger partial charge is 0.165 e. The van der Waals surface area contributed by atoms with Crippen LogP contribution in [-0.4, -0.2) is 52.0 Å². The van der Waals surface area contributed by atoms with Crippen molar-refractivity contribution in [3.8, 4) is 0 Å². The molecular formula is C11H21N5OS. The molecule has 1 aliphatic rings. The van der Waals surface area contributed by atoms with Crippen LogP contribution in [0.2, 0.25) is 0 Å². The summed E-state index contributed by atoms with van der Waals surface area (Å²) < 4.78 is 7.01. The number of ether oxygens (including phenoxy) is 1. The monoisotopic (exact) mass is 271 g/mol. The topological polar surface area (TPSA) is 64.9 Å². The summed E-state index contributed by atoms with van der Waals surface area (Å²) in [6.45, 7) is 2.23. The van der Waals surface area contributed by atoms with Crippen LogP contribution in [0.25, 0.3) is 0 Å². The van der Waals surface area contributed by atoms with E-state index in [-0.39, 0.29) is 0 Å². The van der Waals surface area contributed by atoms with E-state index < -0.39 is 0 Å². The van der Waals surface area contributed by atoms with E-state index in [0.29, 0.717) is 24.4 Å². The maximum atomic E-state index is 5.00. The molecule has 1 aliphatic carbocycles. The van der Waals surface area contributed by atoms with Crippen molar-refractivity contribution in [2.75, 3.05) is 26.5 Å². The van der Waals surface area contributed by atoms with Crippen LogP contribution < -0.4 is 5.32 Å². The lowest BCUT2D eigenvalue weighted by Gasteiger charge is -2.18. The maximum Gasteiger partial charge on any atom is 0.165 e. The van der Waals surface area contributed by atoms with E-state index in [1.54, 1.807) is 7.11 Å². The van der Waals surface area contributed by atoms with Crippen molar-refractivity contribution in [3.05, 3.63) is 5.82 Å². The average molecular weight is 271 g/mol. The molecular weight excluding hydrogens is 250 g/mol. The molecule has 1 saturated carbocycles. The molecule has 6 nitrogen and oxygen atoms in total. The molecule has 0 spiro atoms. The highest BCUT2D eigenvalue weighted by Crippen LogP contribution is 2.37. The third-order valence-electron chi connectivity index (χ3n) is 3.36. The summed E-state index contributed by atoms with van der Waals surface area (Å²) in [5, 5.41) is 16.0. The third-order valence-corrected chi connectivity index (χ3v) is 4.52. The van der Waals surface area contributed by atoms with Gasteiger partial charge in [0, 0.05) is 18.9 Å². The first-order valence-corrected chi connectivity index (χ1v) is 7.64. The second-order valence-electron chi connectivity index (χ2n) is 4.48. The van der Waals surface area contributed by atoms with Crippen molar-refractivity contribution >= 4 is 11.8 Å². The summed E-state index contributed by atoms with van der Waals surface area (Å²) in [4.78, 5) is 0. The van der Waals surface area contributed by atoms with Gasteiger partial charge >= 0.3 is 0 Å². The Morgan fingerprint density at radius 2 is 2.39 bits per heavy atom. The van der Waals surface area contributed by atoms with Crippen LogP contribution in [0.3, 0.4) is 0 Å². The summed E-state index contributed by atoms with van der Waals surface area (Å²) in [6, 6.07) is 0.453. The highest BCUT2D eigenvalue weighted by molar-refractivity contribution is 7.99. The van der Waals surface area contributed by atoms with Crippen molar-refractivity contribution in [1.29, 1.82) is 0 Å². The fourth-order valence-electron chi connectivity index (χ4n) is 2.42. The van der Waals surface area contributed by atoms with Gasteiger partial charge < -0.3 is 10.1 Å². The van der Waals surface area contributed by atoms with Gasteiger partial charge in [0.25, 0.3) is 0 Å². The lowest BCUT2D eigenvalue weighted by Crippen LogP contribution is -2.25. The van der Waals surface area contributed by atoms with Gasteiger partial charge in [-0.05, 0) is 29.5 Å². The van der Waals surface area contributed by atoms with Gasteiger partial charge in [0.2, 0.25) is 0 Å². The Kier molecular flexibility index (Phi) is 5.40. The highest BCUT2D eigenvalue weighted by Gasteiger charge is 2.30. The van der Waals surface area contributed by atoms with E-state index in [2.05, 4.69) is 27.1 Å². The quantitative estimate of drug-likeness (QED) is 0.742. The van der Waals surface area contributed by atoms with Gasteiger partial charge in [0.1, 0.15) is 0 Å². The molecule has 1 aromatic rings. The van der Waals surface area contributed by atoms with Crippen LogP contribution in [0.1, 0.15) is 31.1 Å². The number of hydrogen-bond donors (Lipinski definition) is 1. The first-order chi connectivity index (χ1) is 8.86. The van der Waals surface area contributed by atoms with E-state index in [0.717, 1.165) is 12.4 Å². The van der Waals surface area contributed by atoms with Crippen molar-refractivity contribution in [2.24, 2.45) is 0 Å². The Balaban J connectivity index is 1.94. The number of nitrogens with one attached hydrogen (secondary N) is 1. The van der Waals surface area contributed by atoms with Crippen molar-refractivity contribution in [1.82, 2.24) is 25.5 Å². The van der Waals surface area contributed by atoms with Crippen molar-refractivity contribution < 1.29 is 4.74 Å². The fourth-order valence-corrected chi connectivity index (χ4v) is 3.39. The molecule has 0 aliphatic heterocycles. The second-order valence-corrected chi connectivity index (χ2v) is 5.56. The van der Waals surface area contributed by atoms with E-state index in [9.17, 15) is 0 Å². The fraction of sp³-hybridized carbons (Fsp3) is 0.909. The minimum Gasteiger partial charge on any atom is -0.383 e. The largest absolute Gasteiger partial charge is 0.383 e. The van der Waals surface area contributed by atoms with E-state index in [1.165, 1.54) is 19.3 Å². The van der Waals surface area contributed by atoms with Crippen LogP contribution in [0.4, 0.5) is 0 Å². The van der Waals surface area contributed by atoms with Gasteiger partial charge in [-0.25, -0.2) is 4.68 Å². The molecule has 102 valence electrons. The molecule has 0 radical (unpaired) electrons. The molecule has 18 heavy (non-hydrogen) atoms. The molecule has 0 saturated heterocycles. The standard InChI is InChI=1S/C11H21N5OS/c1-17-7-6-12-8-11-13-14-15-16(11)9-4-3-5-10(9)18-2/h9-10,12H,3-8H2,1-2H3. The molecule has 0 aromatic carbocycles. The van der Waals surface area contributed by atoms with E-state index >= 15 is 0 Å². The van der Waals surface area contributed by atoms with E-state index in [4.69, 9.17) is 4.74 Å². The molecule has 1 aromatic heterocycles. The van der Waals surface area contributed by atoms with Gasteiger partial charge in [0.15, 0.2) is 5.82 Å². The Morgan fingerprint density at radius 1 is 1.50 bits per heavy atom. The molecule has 7 heteroatoms. The predicted octanol–water partition coefficient (Wildman–Crippen LogP) is 0.866. The summed E-state index contributed by atoms with van der Waals surface area (Å²) in [5.41, 5.74) is 0. The zero-order valence-corrected chi connectivity index (χ0v) is 11.8. The zero-order valence-electron chi connectivity index (χ0n) is 11.0. The number of aromatic nitrogens is 4. The SMILES string of the molecule is COCCNCc1nnnn1C1CCCC1SC. The Labute approximate surface area is 112 Å². The molecule has 1 N–H and O–H groups in total. The van der Waals surface area contributed by atoms with E-state index in [1.807, 2.05) is 16.4 Å². The maximum absolute atomic E-state index is 5.00. The van der Waals surface area contributed by atoms with Gasteiger partial charge in [-0.3, -0.25) is 0 Å². The van der Waals surface area contributed by atoms with Crippen molar-refractivity contribution in [3.63, 3.8) is 0 Å². The second kappa shape index (κ2) is 7.06. The number of thioether (sulfide) groups is 1. The normalized spacial score (nSPS) is 23.7.